The van der Waals surface area contributed by atoms with E-state index in [9.17, 15) is 9.59 Å². The summed E-state index contributed by atoms with van der Waals surface area (Å²) in [5.41, 5.74) is 0.650. The van der Waals surface area contributed by atoms with Crippen molar-refractivity contribution in [3.05, 3.63) is 29.8 Å². The van der Waals surface area contributed by atoms with Crippen molar-refractivity contribution in [2.24, 2.45) is 5.92 Å². The average molecular weight is 386 g/mol. The van der Waals surface area contributed by atoms with Gasteiger partial charge in [0.1, 0.15) is 5.75 Å². The molecule has 4 saturated heterocycles. The number of rotatable bonds is 5. The normalized spacial score (nSPS) is 26.1. The highest BCUT2D eigenvalue weighted by Gasteiger charge is 2.39. The second-order valence-corrected chi connectivity index (χ2v) is 8.31. The molecule has 0 saturated carbocycles. The van der Waals surface area contributed by atoms with Gasteiger partial charge in [0.15, 0.2) is 12.4 Å². The van der Waals surface area contributed by atoms with Gasteiger partial charge in [-0.1, -0.05) is 0 Å². The Bertz CT molecular complexity index is 699. The van der Waals surface area contributed by atoms with Crippen LogP contribution in [-0.2, 0) is 9.53 Å². The number of amides is 1. The molecule has 152 valence electrons. The summed E-state index contributed by atoms with van der Waals surface area (Å²) in [6.07, 6.45) is 4.50. The molecule has 4 aliphatic heterocycles. The van der Waals surface area contributed by atoms with E-state index in [1.165, 1.54) is 13.3 Å². The standard InChI is InChI=1S/C22H30N2O4/c1-16(25)18-3-6-21(7-4-18)28-15-22(26)24-13-17-2-5-20(24)14-23(12-17)19-8-10-27-11-9-19/h3-4,6-7,17,19-20H,2,5,8-15H2,1H3/t17-,20+/m0/s1. The molecule has 0 aliphatic carbocycles. The zero-order valence-electron chi connectivity index (χ0n) is 16.6. The van der Waals surface area contributed by atoms with Gasteiger partial charge < -0.3 is 14.4 Å². The lowest BCUT2D eigenvalue weighted by Crippen LogP contribution is -2.49. The minimum Gasteiger partial charge on any atom is -0.484 e. The molecule has 2 atom stereocenters. The van der Waals surface area contributed by atoms with Gasteiger partial charge in [0.2, 0.25) is 0 Å². The van der Waals surface area contributed by atoms with Crippen LogP contribution in [0.4, 0.5) is 0 Å². The average Bonchev–Trinajstić information content (AvgIpc) is 3.05. The third-order valence-corrected chi connectivity index (χ3v) is 6.39. The Balaban J connectivity index is 1.34. The number of benzene rings is 1. The Labute approximate surface area is 166 Å². The first-order valence-corrected chi connectivity index (χ1v) is 10.4. The molecule has 6 heteroatoms. The van der Waals surface area contributed by atoms with Gasteiger partial charge in [-0.05, 0) is 62.8 Å². The van der Waals surface area contributed by atoms with E-state index in [4.69, 9.17) is 9.47 Å². The fraction of sp³-hybridized carbons (Fsp3) is 0.636. The van der Waals surface area contributed by atoms with Crippen molar-refractivity contribution >= 4 is 11.7 Å². The van der Waals surface area contributed by atoms with Gasteiger partial charge in [-0.2, -0.15) is 0 Å². The molecule has 1 aromatic carbocycles. The fourth-order valence-corrected chi connectivity index (χ4v) is 4.79. The molecule has 0 unspecified atom stereocenters. The number of Topliss-reactive ketones (excluding diaryl/α,β-unsaturated/α-hetero) is 1. The first-order chi connectivity index (χ1) is 13.6. The van der Waals surface area contributed by atoms with Crippen LogP contribution in [0.2, 0.25) is 0 Å². The minimum absolute atomic E-state index is 0.0253. The van der Waals surface area contributed by atoms with E-state index in [1.54, 1.807) is 24.3 Å². The summed E-state index contributed by atoms with van der Waals surface area (Å²) in [6.45, 7) is 6.22. The van der Waals surface area contributed by atoms with E-state index >= 15 is 0 Å². The van der Waals surface area contributed by atoms with Crippen molar-refractivity contribution in [2.75, 3.05) is 39.5 Å². The molecule has 1 amide bonds. The molecule has 4 aliphatic rings. The monoisotopic (exact) mass is 386 g/mol. The number of hydrogen-bond donors (Lipinski definition) is 0. The second kappa shape index (κ2) is 8.62. The number of hydrogen-bond acceptors (Lipinski definition) is 5. The summed E-state index contributed by atoms with van der Waals surface area (Å²) in [4.78, 5) is 28.9. The molecular formula is C22H30N2O4. The lowest BCUT2D eigenvalue weighted by molar-refractivity contribution is -0.137. The van der Waals surface area contributed by atoms with Crippen LogP contribution in [0.3, 0.4) is 0 Å². The van der Waals surface area contributed by atoms with Crippen LogP contribution in [0, 0.1) is 5.92 Å². The predicted octanol–water partition coefficient (Wildman–Crippen LogP) is 2.37. The third-order valence-electron chi connectivity index (χ3n) is 6.39. The number of carbonyl (C=O) groups excluding carboxylic acids is 2. The van der Waals surface area contributed by atoms with E-state index in [-0.39, 0.29) is 24.3 Å². The Morgan fingerprint density at radius 1 is 1.00 bits per heavy atom. The van der Waals surface area contributed by atoms with Gasteiger partial charge in [0, 0.05) is 50.5 Å². The molecule has 2 bridgehead atoms. The van der Waals surface area contributed by atoms with Crippen LogP contribution in [0.15, 0.2) is 24.3 Å². The maximum absolute atomic E-state index is 12.9. The van der Waals surface area contributed by atoms with Crippen molar-refractivity contribution in [1.29, 1.82) is 0 Å². The predicted molar refractivity (Wildman–Crippen MR) is 106 cm³/mol. The van der Waals surface area contributed by atoms with Crippen LogP contribution in [-0.4, -0.2) is 73.0 Å². The Morgan fingerprint density at radius 3 is 2.46 bits per heavy atom. The second-order valence-electron chi connectivity index (χ2n) is 8.31. The molecule has 5 rings (SSSR count). The molecule has 0 spiro atoms. The van der Waals surface area contributed by atoms with Crippen molar-refractivity contribution in [1.82, 2.24) is 9.80 Å². The van der Waals surface area contributed by atoms with Gasteiger partial charge in [0.25, 0.3) is 5.91 Å². The van der Waals surface area contributed by atoms with Crippen LogP contribution >= 0.6 is 0 Å². The van der Waals surface area contributed by atoms with Gasteiger partial charge in [-0.25, -0.2) is 0 Å². The van der Waals surface area contributed by atoms with Crippen LogP contribution in [0.25, 0.3) is 0 Å². The smallest absolute Gasteiger partial charge is 0.260 e. The van der Waals surface area contributed by atoms with E-state index in [2.05, 4.69) is 9.80 Å². The first kappa shape index (κ1) is 19.4. The summed E-state index contributed by atoms with van der Waals surface area (Å²) >= 11 is 0. The summed E-state index contributed by atoms with van der Waals surface area (Å²) < 4.78 is 11.2. The molecule has 28 heavy (non-hydrogen) atoms. The zero-order chi connectivity index (χ0) is 19.5. The van der Waals surface area contributed by atoms with Crippen LogP contribution in [0.5, 0.6) is 5.75 Å². The maximum Gasteiger partial charge on any atom is 0.260 e. The number of fused-ring (bicyclic) bond motifs is 4. The molecular weight excluding hydrogens is 356 g/mol. The number of carbonyl (C=O) groups is 2. The zero-order valence-corrected chi connectivity index (χ0v) is 16.6. The van der Waals surface area contributed by atoms with Crippen molar-refractivity contribution in [2.45, 2.75) is 44.7 Å². The van der Waals surface area contributed by atoms with Crippen molar-refractivity contribution in [3.8, 4) is 5.75 Å². The van der Waals surface area contributed by atoms with Crippen LogP contribution < -0.4 is 4.74 Å². The number of ether oxygens (including phenoxy) is 2. The lowest BCUT2D eigenvalue weighted by atomic mass is 9.95. The van der Waals surface area contributed by atoms with Crippen molar-refractivity contribution < 1.29 is 19.1 Å². The molecule has 0 aromatic heterocycles. The molecule has 1 aromatic rings. The topological polar surface area (TPSA) is 59.1 Å². The quantitative estimate of drug-likeness (QED) is 0.727. The first-order valence-electron chi connectivity index (χ1n) is 10.4. The van der Waals surface area contributed by atoms with Gasteiger partial charge in [-0.3, -0.25) is 14.5 Å². The van der Waals surface area contributed by atoms with Gasteiger partial charge >= 0.3 is 0 Å². The summed E-state index contributed by atoms with van der Waals surface area (Å²) in [6, 6.07) is 7.88. The Hall–Kier alpha value is -1.92. The molecule has 0 radical (unpaired) electrons. The van der Waals surface area contributed by atoms with E-state index in [0.717, 1.165) is 52.1 Å². The lowest BCUT2D eigenvalue weighted by Gasteiger charge is -2.37. The molecule has 4 fully saturated rings. The highest BCUT2D eigenvalue weighted by Crippen LogP contribution is 2.31. The Kier molecular flexibility index (Phi) is 5.97. The van der Waals surface area contributed by atoms with E-state index in [1.807, 2.05) is 0 Å². The number of ketones is 1. The molecule has 4 heterocycles. The SMILES string of the molecule is CC(=O)c1ccc(OCC(=O)N2C[C@H]3CC[C@@H]2CN(C2CCOCC2)C3)cc1. The summed E-state index contributed by atoms with van der Waals surface area (Å²) in [7, 11) is 0. The number of nitrogens with zero attached hydrogens (tertiary/aromatic N) is 2. The van der Waals surface area contributed by atoms with E-state index < -0.39 is 0 Å². The van der Waals surface area contributed by atoms with Gasteiger partial charge in [-0.15, -0.1) is 0 Å². The Morgan fingerprint density at radius 2 is 1.75 bits per heavy atom. The number of piperidine rings is 1. The largest absolute Gasteiger partial charge is 0.484 e. The van der Waals surface area contributed by atoms with Crippen molar-refractivity contribution in [3.63, 3.8) is 0 Å². The highest BCUT2D eigenvalue weighted by molar-refractivity contribution is 5.94. The third kappa shape index (κ3) is 4.39. The van der Waals surface area contributed by atoms with E-state index in [0.29, 0.717) is 23.3 Å². The summed E-state index contributed by atoms with van der Waals surface area (Å²) in [5.74, 6) is 1.28. The highest BCUT2D eigenvalue weighted by atomic mass is 16.5. The minimum atomic E-state index is 0.0253. The maximum atomic E-state index is 12.9. The summed E-state index contributed by atoms with van der Waals surface area (Å²) in [5, 5.41) is 0. The molecule has 0 N–H and O–H groups in total. The van der Waals surface area contributed by atoms with Crippen LogP contribution in [0.1, 0.15) is 43.0 Å². The van der Waals surface area contributed by atoms with Gasteiger partial charge in [0.05, 0.1) is 0 Å². The molecule has 6 nitrogen and oxygen atoms in total. The fourth-order valence-electron chi connectivity index (χ4n) is 4.79.